The zero-order valence-corrected chi connectivity index (χ0v) is 12.9. The maximum atomic E-state index is 10.8. The molecule has 21 heavy (non-hydrogen) atoms. The fraction of sp³-hybridized carbons (Fsp3) is 0.611. The van der Waals surface area contributed by atoms with Crippen LogP contribution in [0.4, 0.5) is 0 Å². The lowest BCUT2D eigenvalue weighted by atomic mass is 10.00. The monoisotopic (exact) mass is 289 g/mol. The van der Waals surface area contributed by atoms with Gasteiger partial charge in [0.15, 0.2) is 0 Å². The van der Waals surface area contributed by atoms with E-state index in [0.717, 1.165) is 12.3 Å². The van der Waals surface area contributed by atoms with Crippen LogP contribution in [-0.4, -0.2) is 23.2 Å². The molecule has 0 aliphatic heterocycles. The minimum Gasteiger partial charge on any atom is -0.481 e. The predicted octanol–water partition coefficient (Wildman–Crippen LogP) is 3.63. The SMILES string of the molecule is CC(CCC1CC1)NC(CCC(=O)O)Cc1ccccc1. The van der Waals surface area contributed by atoms with E-state index < -0.39 is 5.97 Å². The predicted molar refractivity (Wildman–Crippen MR) is 85.4 cm³/mol. The Kier molecular flexibility index (Phi) is 6.24. The van der Waals surface area contributed by atoms with Crippen molar-refractivity contribution in [3.05, 3.63) is 35.9 Å². The second-order valence-electron chi connectivity index (χ2n) is 6.41. The number of aliphatic carboxylic acids is 1. The van der Waals surface area contributed by atoms with E-state index in [9.17, 15) is 4.79 Å². The molecule has 0 amide bonds. The third kappa shape index (κ3) is 6.76. The minimum atomic E-state index is -0.708. The van der Waals surface area contributed by atoms with Gasteiger partial charge in [0.1, 0.15) is 0 Å². The zero-order chi connectivity index (χ0) is 15.1. The summed E-state index contributed by atoms with van der Waals surface area (Å²) in [7, 11) is 0. The van der Waals surface area contributed by atoms with E-state index in [-0.39, 0.29) is 12.5 Å². The van der Waals surface area contributed by atoms with Crippen molar-refractivity contribution in [2.75, 3.05) is 0 Å². The van der Waals surface area contributed by atoms with Crippen LogP contribution in [0.2, 0.25) is 0 Å². The molecule has 0 aromatic heterocycles. The van der Waals surface area contributed by atoms with Crippen LogP contribution >= 0.6 is 0 Å². The van der Waals surface area contributed by atoms with E-state index >= 15 is 0 Å². The van der Waals surface area contributed by atoms with Crippen LogP contribution in [0.1, 0.15) is 51.0 Å². The normalized spacial score (nSPS) is 17.4. The second kappa shape index (κ2) is 8.18. The van der Waals surface area contributed by atoms with Crippen molar-refractivity contribution < 1.29 is 9.90 Å². The Balaban J connectivity index is 1.82. The number of hydrogen-bond acceptors (Lipinski definition) is 2. The average molecular weight is 289 g/mol. The number of carbonyl (C=O) groups is 1. The van der Waals surface area contributed by atoms with E-state index in [0.29, 0.717) is 12.5 Å². The summed E-state index contributed by atoms with van der Waals surface area (Å²) in [6.45, 7) is 2.22. The highest BCUT2D eigenvalue weighted by atomic mass is 16.4. The summed E-state index contributed by atoms with van der Waals surface area (Å²) < 4.78 is 0. The Bertz CT molecular complexity index is 428. The van der Waals surface area contributed by atoms with E-state index in [4.69, 9.17) is 5.11 Å². The summed E-state index contributed by atoms with van der Waals surface area (Å²) in [5, 5.41) is 12.6. The number of carboxylic acids is 1. The Labute approximate surface area is 127 Å². The second-order valence-corrected chi connectivity index (χ2v) is 6.41. The fourth-order valence-electron chi connectivity index (χ4n) is 2.82. The molecular formula is C18H27NO2. The van der Waals surface area contributed by atoms with Crippen molar-refractivity contribution in [2.45, 2.75) is 64.0 Å². The molecule has 2 unspecified atom stereocenters. The van der Waals surface area contributed by atoms with E-state index in [1.54, 1.807) is 0 Å². The van der Waals surface area contributed by atoms with E-state index in [1.165, 1.54) is 31.2 Å². The maximum Gasteiger partial charge on any atom is 0.303 e. The number of rotatable bonds is 10. The first-order valence-electron chi connectivity index (χ1n) is 8.15. The average Bonchev–Trinajstić information content (AvgIpc) is 3.28. The van der Waals surface area contributed by atoms with E-state index in [2.05, 4.69) is 24.4 Å². The van der Waals surface area contributed by atoms with Crippen LogP contribution in [0.5, 0.6) is 0 Å². The quantitative estimate of drug-likeness (QED) is 0.691. The van der Waals surface area contributed by atoms with Gasteiger partial charge in [-0.2, -0.15) is 0 Å². The largest absolute Gasteiger partial charge is 0.481 e. The fourth-order valence-corrected chi connectivity index (χ4v) is 2.82. The summed E-state index contributed by atoms with van der Waals surface area (Å²) in [5.41, 5.74) is 1.27. The van der Waals surface area contributed by atoms with Crippen molar-refractivity contribution >= 4 is 5.97 Å². The Hall–Kier alpha value is -1.35. The molecule has 0 radical (unpaired) electrons. The summed E-state index contributed by atoms with van der Waals surface area (Å²) in [4.78, 5) is 10.8. The van der Waals surface area contributed by atoms with Crippen molar-refractivity contribution in [3.63, 3.8) is 0 Å². The Morgan fingerprint density at radius 1 is 1.29 bits per heavy atom. The standard InChI is InChI=1S/C18H27NO2/c1-14(7-8-15-9-10-15)19-17(11-12-18(20)21)13-16-5-3-2-4-6-16/h2-6,14-15,17,19H,7-13H2,1H3,(H,20,21). The lowest BCUT2D eigenvalue weighted by Crippen LogP contribution is -2.38. The Morgan fingerprint density at radius 2 is 2.00 bits per heavy atom. The molecule has 116 valence electrons. The first kappa shape index (κ1) is 16.0. The molecule has 1 aliphatic rings. The van der Waals surface area contributed by atoms with Crippen molar-refractivity contribution in [1.82, 2.24) is 5.32 Å². The van der Waals surface area contributed by atoms with Gasteiger partial charge in [0.25, 0.3) is 0 Å². The van der Waals surface area contributed by atoms with Crippen molar-refractivity contribution in [3.8, 4) is 0 Å². The molecule has 0 heterocycles. The molecule has 1 saturated carbocycles. The highest BCUT2D eigenvalue weighted by Crippen LogP contribution is 2.33. The van der Waals surface area contributed by atoms with Gasteiger partial charge in [0, 0.05) is 18.5 Å². The third-order valence-electron chi connectivity index (χ3n) is 4.26. The molecule has 3 heteroatoms. The maximum absolute atomic E-state index is 10.8. The van der Waals surface area contributed by atoms with Gasteiger partial charge in [-0.15, -0.1) is 0 Å². The molecular weight excluding hydrogens is 262 g/mol. The van der Waals surface area contributed by atoms with Gasteiger partial charge in [-0.3, -0.25) is 4.79 Å². The molecule has 3 nitrogen and oxygen atoms in total. The molecule has 1 aromatic rings. The summed E-state index contributed by atoms with van der Waals surface area (Å²) >= 11 is 0. The molecule has 2 N–H and O–H groups in total. The molecule has 0 saturated heterocycles. The highest BCUT2D eigenvalue weighted by molar-refractivity contribution is 5.66. The number of hydrogen-bond donors (Lipinski definition) is 2. The number of benzene rings is 1. The van der Waals surface area contributed by atoms with Gasteiger partial charge in [-0.25, -0.2) is 0 Å². The molecule has 1 aliphatic carbocycles. The molecule has 0 bridgehead atoms. The smallest absolute Gasteiger partial charge is 0.303 e. The van der Waals surface area contributed by atoms with Gasteiger partial charge in [0.05, 0.1) is 0 Å². The zero-order valence-electron chi connectivity index (χ0n) is 12.9. The molecule has 1 fully saturated rings. The van der Waals surface area contributed by atoms with Crippen LogP contribution < -0.4 is 5.32 Å². The van der Waals surface area contributed by atoms with Crippen LogP contribution in [-0.2, 0) is 11.2 Å². The highest BCUT2D eigenvalue weighted by Gasteiger charge is 2.22. The van der Waals surface area contributed by atoms with Gasteiger partial charge in [0.2, 0.25) is 0 Å². The van der Waals surface area contributed by atoms with Gasteiger partial charge in [-0.1, -0.05) is 43.2 Å². The lowest BCUT2D eigenvalue weighted by Gasteiger charge is -2.23. The van der Waals surface area contributed by atoms with Gasteiger partial charge >= 0.3 is 5.97 Å². The van der Waals surface area contributed by atoms with Crippen LogP contribution in [0.15, 0.2) is 30.3 Å². The number of nitrogens with one attached hydrogen (secondary N) is 1. The molecule has 2 rings (SSSR count). The molecule has 1 aromatic carbocycles. The first-order valence-corrected chi connectivity index (χ1v) is 8.15. The van der Waals surface area contributed by atoms with Crippen molar-refractivity contribution in [2.24, 2.45) is 5.92 Å². The van der Waals surface area contributed by atoms with Crippen LogP contribution in [0.3, 0.4) is 0 Å². The van der Waals surface area contributed by atoms with Crippen LogP contribution in [0, 0.1) is 5.92 Å². The minimum absolute atomic E-state index is 0.236. The van der Waals surface area contributed by atoms with E-state index in [1.807, 2.05) is 18.2 Å². The molecule has 2 atom stereocenters. The Morgan fingerprint density at radius 3 is 2.62 bits per heavy atom. The van der Waals surface area contributed by atoms with Crippen LogP contribution in [0.25, 0.3) is 0 Å². The summed E-state index contributed by atoms with van der Waals surface area (Å²) in [6, 6.07) is 11.0. The topological polar surface area (TPSA) is 49.3 Å². The van der Waals surface area contributed by atoms with Gasteiger partial charge < -0.3 is 10.4 Å². The lowest BCUT2D eigenvalue weighted by molar-refractivity contribution is -0.137. The number of carboxylic acid groups (broad SMARTS) is 1. The van der Waals surface area contributed by atoms with Gasteiger partial charge in [-0.05, 0) is 44.1 Å². The first-order chi connectivity index (χ1) is 10.1. The molecule has 0 spiro atoms. The third-order valence-corrected chi connectivity index (χ3v) is 4.26. The summed E-state index contributed by atoms with van der Waals surface area (Å²) in [5.74, 6) is 0.251. The van der Waals surface area contributed by atoms with Crippen molar-refractivity contribution in [1.29, 1.82) is 0 Å². The summed E-state index contributed by atoms with van der Waals surface area (Å²) in [6.07, 6.45) is 7.15.